The Morgan fingerprint density at radius 1 is 1.03 bits per heavy atom. The van der Waals surface area contributed by atoms with E-state index in [1.54, 1.807) is 6.21 Å². The molecule has 34 heavy (non-hydrogen) atoms. The maximum absolute atomic E-state index is 13.8. The average Bonchev–Trinajstić information content (AvgIpc) is 2.77. The number of benzene rings is 2. The first kappa shape index (κ1) is 25.9. The van der Waals surface area contributed by atoms with Gasteiger partial charge in [-0.15, -0.1) is 0 Å². The third kappa shape index (κ3) is 6.24. The van der Waals surface area contributed by atoms with E-state index in [9.17, 15) is 13.2 Å². The van der Waals surface area contributed by atoms with Crippen LogP contribution >= 0.6 is 0 Å². The first-order valence-electron chi connectivity index (χ1n) is 11.8. The van der Waals surface area contributed by atoms with Crippen molar-refractivity contribution >= 4 is 27.8 Å². The van der Waals surface area contributed by atoms with Gasteiger partial charge in [-0.05, 0) is 62.4 Å². The van der Waals surface area contributed by atoms with Crippen LogP contribution < -0.4 is 10.3 Å². The van der Waals surface area contributed by atoms with Gasteiger partial charge in [0.05, 0.1) is 17.7 Å². The quantitative estimate of drug-likeness (QED) is 0.451. The normalized spacial score (nSPS) is 15.1. The van der Waals surface area contributed by atoms with Crippen LogP contribution in [0.4, 0.5) is 5.69 Å². The largest absolute Gasteiger partial charge is 0.378 e. The third-order valence-electron chi connectivity index (χ3n) is 6.27. The van der Waals surface area contributed by atoms with Crippen LogP contribution in [0.5, 0.6) is 0 Å². The maximum Gasteiger partial charge on any atom is 0.255 e. The molecule has 1 aliphatic carbocycles. The lowest BCUT2D eigenvalue weighted by molar-refractivity contribution is -0.121. The van der Waals surface area contributed by atoms with Crippen molar-refractivity contribution in [1.82, 2.24) is 9.73 Å². The first-order valence-corrected chi connectivity index (χ1v) is 13.2. The number of aryl methyl sites for hydroxylation is 3. The number of nitrogens with one attached hydrogen (secondary N) is 1. The topological polar surface area (TPSA) is 82.1 Å². The lowest BCUT2D eigenvalue weighted by Gasteiger charge is -2.33. The lowest BCUT2D eigenvalue weighted by Crippen LogP contribution is -2.46. The molecular weight excluding hydrogens is 448 g/mol. The molecule has 0 aromatic heterocycles. The fraction of sp³-hybridized carbons (Fsp3) is 0.462. The van der Waals surface area contributed by atoms with E-state index in [0.717, 1.165) is 48.9 Å². The molecule has 0 spiro atoms. The summed E-state index contributed by atoms with van der Waals surface area (Å²) in [5.41, 5.74) is 6.85. The minimum Gasteiger partial charge on any atom is -0.378 e. The standard InChI is InChI=1S/C26H36N4O3S/c1-19-15-20(2)26(21(3)16-19)34(32,33)30(24-9-7-6-8-10-24)18-25(31)28-27-17-22-11-13-23(14-12-22)29(4)5/h11-17,24H,6-10,18H2,1-5H3,(H,28,31). The molecule has 0 atom stereocenters. The van der Waals surface area contributed by atoms with E-state index in [-0.39, 0.29) is 12.6 Å². The molecular formula is C26H36N4O3S. The number of rotatable bonds is 8. The molecule has 1 aliphatic rings. The molecule has 8 heteroatoms. The highest BCUT2D eigenvalue weighted by Crippen LogP contribution is 2.31. The Balaban J connectivity index is 1.79. The number of hydrogen-bond donors (Lipinski definition) is 1. The van der Waals surface area contributed by atoms with E-state index in [4.69, 9.17) is 0 Å². The van der Waals surface area contributed by atoms with E-state index in [0.29, 0.717) is 16.0 Å². The van der Waals surface area contributed by atoms with Gasteiger partial charge in [0.1, 0.15) is 0 Å². The zero-order valence-electron chi connectivity index (χ0n) is 20.8. The summed E-state index contributed by atoms with van der Waals surface area (Å²) in [4.78, 5) is 15.1. The number of amides is 1. The van der Waals surface area contributed by atoms with E-state index in [1.807, 2.05) is 76.2 Å². The lowest BCUT2D eigenvalue weighted by atomic mass is 9.95. The van der Waals surface area contributed by atoms with Crippen molar-refractivity contribution in [1.29, 1.82) is 0 Å². The second kappa shape index (κ2) is 11.1. The smallest absolute Gasteiger partial charge is 0.255 e. The van der Waals surface area contributed by atoms with Crippen LogP contribution in [0.3, 0.4) is 0 Å². The Kier molecular flexibility index (Phi) is 8.49. The van der Waals surface area contributed by atoms with Crippen LogP contribution in [0.2, 0.25) is 0 Å². The predicted molar refractivity (Wildman–Crippen MR) is 138 cm³/mol. The Morgan fingerprint density at radius 3 is 2.18 bits per heavy atom. The van der Waals surface area contributed by atoms with Gasteiger partial charge in [-0.3, -0.25) is 4.79 Å². The highest BCUT2D eigenvalue weighted by atomic mass is 32.2. The molecule has 0 aliphatic heterocycles. The number of carbonyl (C=O) groups is 1. The fourth-order valence-corrected chi connectivity index (χ4v) is 6.74. The van der Waals surface area contributed by atoms with Crippen molar-refractivity contribution in [3.63, 3.8) is 0 Å². The van der Waals surface area contributed by atoms with Crippen LogP contribution in [0.1, 0.15) is 54.4 Å². The molecule has 184 valence electrons. The highest BCUT2D eigenvalue weighted by Gasteiger charge is 2.35. The summed E-state index contributed by atoms with van der Waals surface area (Å²) in [7, 11) is 0.0866. The van der Waals surface area contributed by atoms with Gasteiger partial charge in [-0.1, -0.05) is 49.1 Å². The van der Waals surface area contributed by atoms with Crippen molar-refractivity contribution in [2.24, 2.45) is 5.10 Å². The Bertz CT molecular complexity index is 1110. The number of sulfonamides is 1. The number of nitrogens with zero attached hydrogens (tertiary/aromatic N) is 3. The monoisotopic (exact) mass is 484 g/mol. The fourth-order valence-electron chi connectivity index (χ4n) is 4.68. The van der Waals surface area contributed by atoms with Crippen molar-refractivity contribution < 1.29 is 13.2 Å². The maximum atomic E-state index is 13.8. The average molecular weight is 485 g/mol. The third-order valence-corrected chi connectivity index (χ3v) is 8.47. The van der Waals surface area contributed by atoms with Gasteiger partial charge < -0.3 is 4.90 Å². The molecule has 0 unspecified atom stereocenters. The van der Waals surface area contributed by atoms with Crippen LogP contribution in [-0.4, -0.2) is 51.5 Å². The van der Waals surface area contributed by atoms with Crippen molar-refractivity contribution in [2.45, 2.75) is 63.8 Å². The van der Waals surface area contributed by atoms with Gasteiger partial charge >= 0.3 is 0 Å². The summed E-state index contributed by atoms with van der Waals surface area (Å²) in [6, 6.07) is 11.3. The number of anilines is 1. The van der Waals surface area contributed by atoms with Gasteiger partial charge in [-0.25, -0.2) is 13.8 Å². The molecule has 1 N–H and O–H groups in total. The van der Waals surface area contributed by atoms with Crippen molar-refractivity contribution in [3.8, 4) is 0 Å². The SMILES string of the molecule is Cc1cc(C)c(S(=O)(=O)N(CC(=O)NN=Cc2ccc(N(C)C)cc2)C2CCCCC2)c(C)c1. The van der Waals surface area contributed by atoms with E-state index in [1.165, 1.54) is 4.31 Å². The Hall–Kier alpha value is -2.71. The minimum atomic E-state index is -3.85. The highest BCUT2D eigenvalue weighted by molar-refractivity contribution is 7.89. The number of carbonyl (C=O) groups excluding carboxylic acids is 1. The van der Waals surface area contributed by atoms with Gasteiger partial charge in [0.2, 0.25) is 10.0 Å². The summed E-state index contributed by atoms with van der Waals surface area (Å²) < 4.78 is 29.0. The van der Waals surface area contributed by atoms with E-state index in [2.05, 4.69) is 10.5 Å². The second-order valence-corrected chi connectivity index (χ2v) is 11.2. The second-order valence-electron chi connectivity index (χ2n) is 9.35. The summed E-state index contributed by atoms with van der Waals surface area (Å²) in [6.07, 6.45) is 6.10. The molecule has 3 rings (SSSR count). The molecule has 0 bridgehead atoms. The van der Waals surface area contributed by atoms with Crippen LogP contribution in [0.25, 0.3) is 0 Å². The van der Waals surface area contributed by atoms with E-state index >= 15 is 0 Å². The van der Waals surface area contributed by atoms with Gasteiger partial charge in [-0.2, -0.15) is 9.41 Å². The molecule has 0 heterocycles. The van der Waals surface area contributed by atoms with Crippen molar-refractivity contribution in [3.05, 3.63) is 58.7 Å². The summed E-state index contributed by atoms with van der Waals surface area (Å²) in [6.45, 7) is 5.33. The number of hydrogen-bond acceptors (Lipinski definition) is 5. The summed E-state index contributed by atoms with van der Waals surface area (Å²) in [5, 5.41) is 4.06. The molecule has 7 nitrogen and oxygen atoms in total. The predicted octanol–water partition coefficient (Wildman–Crippen LogP) is 4.15. The van der Waals surface area contributed by atoms with E-state index < -0.39 is 15.9 Å². The minimum absolute atomic E-state index is 0.188. The molecule has 1 amide bonds. The molecule has 1 saturated carbocycles. The van der Waals surface area contributed by atoms with Crippen molar-refractivity contribution in [2.75, 3.05) is 25.5 Å². The van der Waals surface area contributed by atoms with Crippen LogP contribution in [0, 0.1) is 20.8 Å². The molecule has 1 fully saturated rings. The molecule has 2 aromatic rings. The molecule has 2 aromatic carbocycles. The van der Waals surface area contributed by atoms with Gasteiger partial charge in [0.25, 0.3) is 5.91 Å². The summed E-state index contributed by atoms with van der Waals surface area (Å²) in [5.74, 6) is -0.447. The van der Waals surface area contributed by atoms with Crippen LogP contribution in [-0.2, 0) is 14.8 Å². The van der Waals surface area contributed by atoms with Gasteiger partial charge in [0, 0.05) is 25.8 Å². The zero-order valence-corrected chi connectivity index (χ0v) is 21.7. The van der Waals surface area contributed by atoms with Crippen LogP contribution in [0.15, 0.2) is 46.4 Å². The molecule has 0 radical (unpaired) electrons. The number of hydrazone groups is 1. The first-order chi connectivity index (χ1) is 16.1. The Labute approximate surface area is 203 Å². The summed E-state index contributed by atoms with van der Waals surface area (Å²) >= 11 is 0. The molecule has 0 saturated heterocycles. The zero-order chi connectivity index (χ0) is 24.9. The Morgan fingerprint density at radius 2 is 1.62 bits per heavy atom. The van der Waals surface area contributed by atoms with Gasteiger partial charge in [0.15, 0.2) is 0 Å².